The van der Waals surface area contributed by atoms with Gasteiger partial charge >= 0.3 is 5.97 Å². The minimum Gasteiger partial charge on any atom is -0.422 e. The molecular weight excluding hydrogens is 462 g/mol. The van der Waals surface area contributed by atoms with Gasteiger partial charge < -0.3 is 19.4 Å². The molecule has 5 rings (SSSR count). The van der Waals surface area contributed by atoms with Gasteiger partial charge in [-0.15, -0.1) is 0 Å². The molecule has 6 nitrogen and oxygen atoms in total. The first kappa shape index (κ1) is 24.6. The Morgan fingerprint density at radius 1 is 0.676 bits per heavy atom. The van der Waals surface area contributed by atoms with Crippen molar-refractivity contribution < 1.29 is 14.3 Å². The van der Waals surface area contributed by atoms with Crippen LogP contribution in [0.4, 0.5) is 17.1 Å². The largest absolute Gasteiger partial charge is 0.422 e. The molecule has 0 bridgehead atoms. The number of amides is 1. The number of likely N-dealkylation sites (N-methyl/N-ethyl adjacent to an activating group) is 1. The molecule has 2 heterocycles. The van der Waals surface area contributed by atoms with Crippen molar-refractivity contribution in [1.82, 2.24) is 0 Å². The molecule has 0 radical (unpaired) electrons. The minimum absolute atomic E-state index is 0.0642. The summed E-state index contributed by atoms with van der Waals surface area (Å²) in [5.74, 6) is 0.0611. The van der Waals surface area contributed by atoms with E-state index in [2.05, 4.69) is 49.6 Å². The van der Waals surface area contributed by atoms with E-state index in [1.807, 2.05) is 48.5 Å². The second kappa shape index (κ2) is 9.77. The fourth-order valence-corrected chi connectivity index (χ4v) is 5.39. The van der Waals surface area contributed by atoms with Gasteiger partial charge in [-0.3, -0.25) is 4.79 Å². The molecule has 0 unspecified atom stereocenters. The van der Waals surface area contributed by atoms with Crippen LogP contribution >= 0.6 is 0 Å². The van der Waals surface area contributed by atoms with Gasteiger partial charge in [-0.25, -0.2) is 4.79 Å². The first-order valence-electron chi connectivity index (χ1n) is 13.0. The molecule has 2 aliphatic heterocycles. The molecule has 190 valence electrons. The lowest BCUT2D eigenvalue weighted by molar-refractivity contribution is -0.127. The highest BCUT2D eigenvalue weighted by molar-refractivity contribution is 6.29. The maximum Gasteiger partial charge on any atom is 0.344 e. The van der Waals surface area contributed by atoms with Gasteiger partial charge in [0.2, 0.25) is 0 Å². The van der Waals surface area contributed by atoms with Gasteiger partial charge in [0, 0.05) is 55.0 Å². The average Bonchev–Trinajstić information content (AvgIpc) is 3.36. The van der Waals surface area contributed by atoms with Crippen molar-refractivity contribution in [2.45, 2.75) is 27.7 Å². The van der Waals surface area contributed by atoms with Crippen LogP contribution in [0.2, 0.25) is 0 Å². The lowest BCUT2D eigenvalue weighted by atomic mass is 10.0. The number of hydrogen-bond donors (Lipinski definition) is 0. The monoisotopic (exact) mass is 495 g/mol. The Morgan fingerprint density at radius 3 is 1.65 bits per heavy atom. The van der Waals surface area contributed by atoms with E-state index in [1.165, 1.54) is 0 Å². The third-order valence-corrected chi connectivity index (χ3v) is 7.49. The lowest BCUT2D eigenvalue weighted by Gasteiger charge is -2.21. The summed E-state index contributed by atoms with van der Waals surface area (Å²) in [5, 5.41) is 1.50. The molecular formula is C31H33N3O3. The van der Waals surface area contributed by atoms with Crippen LogP contribution in [0.15, 0.2) is 60.7 Å². The third-order valence-electron chi connectivity index (χ3n) is 7.49. The summed E-state index contributed by atoms with van der Waals surface area (Å²) in [6.45, 7) is 12.2. The SMILES string of the molecule is CCN(CC)c1ccc(C2=c3cc4c(cc3OC2=O)=C(c2ccc(N(CC)CC)cc2)C(=O)N4C)cc1. The predicted octanol–water partition coefficient (Wildman–Crippen LogP) is 3.67. The molecule has 2 aliphatic rings. The quantitative estimate of drug-likeness (QED) is 0.353. The van der Waals surface area contributed by atoms with Gasteiger partial charge in [0.25, 0.3) is 5.91 Å². The lowest BCUT2D eigenvalue weighted by Crippen LogP contribution is -2.24. The number of fused-ring (bicyclic) bond motifs is 2. The zero-order valence-electron chi connectivity index (χ0n) is 22.2. The summed E-state index contributed by atoms with van der Waals surface area (Å²) >= 11 is 0. The Balaban J connectivity index is 1.62. The van der Waals surface area contributed by atoms with Crippen LogP contribution in [-0.2, 0) is 9.59 Å². The fourth-order valence-electron chi connectivity index (χ4n) is 5.39. The minimum atomic E-state index is -0.367. The number of ether oxygens (including phenoxy) is 1. The van der Waals surface area contributed by atoms with Crippen molar-refractivity contribution in [2.24, 2.45) is 0 Å². The number of benzene rings is 3. The van der Waals surface area contributed by atoms with Gasteiger partial charge in [-0.2, -0.15) is 0 Å². The van der Waals surface area contributed by atoms with Crippen molar-refractivity contribution in [3.8, 4) is 5.75 Å². The number of carbonyl (C=O) groups excluding carboxylic acids is 2. The van der Waals surface area contributed by atoms with Crippen LogP contribution in [0.3, 0.4) is 0 Å². The van der Waals surface area contributed by atoms with Gasteiger partial charge in [0.1, 0.15) is 5.75 Å². The normalized spacial score (nSPS) is 14.1. The maximum absolute atomic E-state index is 13.4. The molecule has 1 amide bonds. The van der Waals surface area contributed by atoms with Gasteiger partial charge in [0.05, 0.1) is 16.8 Å². The van der Waals surface area contributed by atoms with Crippen LogP contribution in [0.5, 0.6) is 5.75 Å². The van der Waals surface area contributed by atoms with E-state index >= 15 is 0 Å². The van der Waals surface area contributed by atoms with E-state index in [-0.39, 0.29) is 11.9 Å². The summed E-state index contributed by atoms with van der Waals surface area (Å²) in [5.41, 5.74) is 5.84. The van der Waals surface area contributed by atoms with E-state index in [4.69, 9.17) is 4.74 Å². The number of esters is 1. The van der Waals surface area contributed by atoms with Crippen LogP contribution < -0.4 is 29.9 Å². The number of anilines is 3. The molecule has 0 aliphatic carbocycles. The predicted molar refractivity (Wildman–Crippen MR) is 150 cm³/mol. The molecule has 37 heavy (non-hydrogen) atoms. The Bertz CT molecular complexity index is 1480. The molecule has 0 fully saturated rings. The van der Waals surface area contributed by atoms with Gasteiger partial charge in [-0.1, -0.05) is 24.3 Å². The molecule has 3 aromatic rings. The van der Waals surface area contributed by atoms with E-state index in [9.17, 15) is 9.59 Å². The van der Waals surface area contributed by atoms with Crippen LogP contribution in [0.1, 0.15) is 38.8 Å². The highest BCUT2D eigenvalue weighted by Crippen LogP contribution is 2.29. The van der Waals surface area contributed by atoms with Crippen molar-refractivity contribution in [2.75, 3.05) is 47.9 Å². The second-order valence-electron chi connectivity index (χ2n) is 9.31. The molecule has 0 aromatic heterocycles. The topological polar surface area (TPSA) is 53.1 Å². The number of hydrogen-bond acceptors (Lipinski definition) is 5. The molecule has 0 N–H and O–H groups in total. The van der Waals surface area contributed by atoms with E-state index in [0.29, 0.717) is 16.9 Å². The highest BCUT2D eigenvalue weighted by atomic mass is 16.5. The summed E-state index contributed by atoms with van der Waals surface area (Å²) in [6.07, 6.45) is 0. The fraction of sp³-hybridized carbons (Fsp3) is 0.290. The Hall–Kier alpha value is -4.06. The van der Waals surface area contributed by atoms with E-state index in [1.54, 1.807) is 11.9 Å². The molecule has 0 atom stereocenters. The molecule has 0 saturated heterocycles. The standard InChI is InChI=1S/C31H33N3O3/c1-6-33(7-2)22-14-10-20(11-15-22)28-24-19-27-25(18-26(24)32(5)30(28)35)29(31(36)37-27)21-12-16-23(17-13-21)34(8-3)9-4/h10-19H,6-9H2,1-5H3. The summed E-state index contributed by atoms with van der Waals surface area (Å²) < 4.78 is 5.72. The smallest absolute Gasteiger partial charge is 0.344 e. The van der Waals surface area contributed by atoms with Crippen molar-refractivity contribution >= 4 is 40.1 Å². The zero-order valence-corrected chi connectivity index (χ0v) is 22.2. The Kier molecular flexibility index (Phi) is 6.50. The Morgan fingerprint density at radius 2 is 1.16 bits per heavy atom. The summed E-state index contributed by atoms with van der Waals surface area (Å²) in [7, 11) is 1.78. The maximum atomic E-state index is 13.4. The Labute approximate surface area is 218 Å². The van der Waals surface area contributed by atoms with Gasteiger partial charge in [0.15, 0.2) is 0 Å². The summed E-state index contributed by atoms with van der Waals surface area (Å²) in [4.78, 5) is 32.5. The van der Waals surface area contributed by atoms with Crippen molar-refractivity contribution in [1.29, 1.82) is 0 Å². The van der Waals surface area contributed by atoms with E-state index < -0.39 is 0 Å². The molecule has 6 heteroatoms. The van der Waals surface area contributed by atoms with Crippen LogP contribution in [-0.4, -0.2) is 45.1 Å². The summed E-state index contributed by atoms with van der Waals surface area (Å²) in [6, 6.07) is 19.9. The van der Waals surface area contributed by atoms with Crippen molar-refractivity contribution in [3.05, 3.63) is 82.2 Å². The molecule has 3 aromatic carbocycles. The second-order valence-corrected chi connectivity index (χ2v) is 9.31. The highest BCUT2D eigenvalue weighted by Gasteiger charge is 2.32. The number of carbonyl (C=O) groups is 2. The first-order valence-corrected chi connectivity index (χ1v) is 13.0. The third kappa shape index (κ3) is 4.06. The average molecular weight is 496 g/mol. The van der Waals surface area contributed by atoms with Crippen LogP contribution in [0, 0.1) is 0 Å². The van der Waals surface area contributed by atoms with Crippen molar-refractivity contribution in [3.63, 3.8) is 0 Å². The van der Waals surface area contributed by atoms with Gasteiger partial charge in [-0.05, 0) is 75.2 Å². The number of nitrogens with zero attached hydrogens (tertiary/aromatic N) is 3. The molecule has 0 spiro atoms. The van der Waals surface area contributed by atoms with Crippen LogP contribution in [0.25, 0.3) is 11.1 Å². The first-order chi connectivity index (χ1) is 17.9. The number of rotatable bonds is 8. The zero-order chi connectivity index (χ0) is 26.3. The van der Waals surface area contributed by atoms with E-state index in [0.717, 1.165) is 64.8 Å². The molecule has 0 saturated carbocycles.